The number of esters is 1. The molecule has 3 amide bonds. The number of rotatable bonds is 10. The van der Waals surface area contributed by atoms with Gasteiger partial charge in [-0.1, -0.05) is 13.0 Å². The lowest BCUT2D eigenvalue weighted by molar-refractivity contribution is -0.147. The van der Waals surface area contributed by atoms with Crippen molar-refractivity contribution in [3.8, 4) is 0 Å². The average molecular weight is 569 g/mol. The lowest BCUT2D eigenvalue weighted by atomic mass is 10.0. The summed E-state index contributed by atoms with van der Waals surface area (Å²) in [5, 5.41) is 13.0. The number of amidine groups is 1. The summed E-state index contributed by atoms with van der Waals surface area (Å²) in [6, 6.07) is 5.18. The molecule has 0 aliphatic carbocycles. The number of aryl methyl sites for hydroxylation is 1. The molecule has 2 aliphatic heterocycles. The van der Waals surface area contributed by atoms with Gasteiger partial charge in [-0.15, -0.1) is 0 Å². The van der Waals surface area contributed by atoms with E-state index in [1.165, 1.54) is 6.34 Å². The molecule has 0 fully saturated rings. The van der Waals surface area contributed by atoms with Gasteiger partial charge in [0.15, 0.2) is 5.84 Å². The third kappa shape index (κ3) is 7.56. The number of ether oxygens (including phenoxy) is 2. The quantitative estimate of drug-likeness (QED) is 0.215. The van der Waals surface area contributed by atoms with Crippen molar-refractivity contribution in [1.82, 2.24) is 20.7 Å². The van der Waals surface area contributed by atoms with E-state index in [-0.39, 0.29) is 19.0 Å². The predicted octanol–water partition coefficient (Wildman–Crippen LogP) is 2.04. The maximum atomic E-state index is 13.5. The Kier molecular flexibility index (Phi) is 10.3. The fourth-order valence-corrected chi connectivity index (χ4v) is 4.12. The van der Waals surface area contributed by atoms with Crippen molar-refractivity contribution in [2.45, 2.75) is 34.1 Å². The van der Waals surface area contributed by atoms with Crippen LogP contribution in [0.25, 0.3) is 0 Å². The number of hydrazine groups is 1. The van der Waals surface area contributed by atoms with Crippen molar-refractivity contribution in [1.29, 1.82) is 0 Å². The Morgan fingerprint density at radius 3 is 2.63 bits per heavy atom. The molecule has 2 aliphatic rings. The van der Waals surface area contributed by atoms with Crippen molar-refractivity contribution in [3.63, 3.8) is 0 Å². The third-order valence-corrected chi connectivity index (χ3v) is 6.16. The summed E-state index contributed by atoms with van der Waals surface area (Å²) in [5.41, 5.74) is 5.99. The molecule has 1 unspecified atom stereocenters. The van der Waals surface area contributed by atoms with E-state index in [9.17, 15) is 24.0 Å². The van der Waals surface area contributed by atoms with Crippen LogP contribution in [0.3, 0.4) is 0 Å². The summed E-state index contributed by atoms with van der Waals surface area (Å²) in [6.07, 6.45) is 2.13. The van der Waals surface area contributed by atoms with Crippen molar-refractivity contribution in [2.24, 2.45) is 15.9 Å². The number of aliphatic imine (C=N–C) groups is 2. The van der Waals surface area contributed by atoms with Crippen LogP contribution in [0.15, 0.2) is 51.6 Å². The molecule has 1 aromatic carbocycles. The Hall–Kier alpha value is -5.01. The van der Waals surface area contributed by atoms with Gasteiger partial charge in [-0.25, -0.2) is 29.3 Å². The largest absolute Gasteiger partial charge is 0.478 e. The molecule has 3 N–H and O–H groups in total. The minimum atomic E-state index is -1.34. The minimum Gasteiger partial charge on any atom is -0.478 e. The second-order valence-corrected chi connectivity index (χ2v) is 9.03. The SMILES string of the molecule is CCCN(C(=O)OCOC(=O)/C=C/C(=O)O)C(=O)C1CN2NC=NC(=Nc3cc(C(=O)NCC)ccc3C)C2=C1C. The highest BCUT2D eigenvalue weighted by molar-refractivity contribution is 6.07. The van der Waals surface area contributed by atoms with E-state index >= 15 is 0 Å². The number of amides is 3. The van der Waals surface area contributed by atoms with Crippen LogP contribution in [0, 0.1) is 12.8 Å². The predicted molar refractivity (Wildman–Crippen MR) is 147 cm³/mol. The summed E-state index contributed by atoms with van der Waals surface area (Å²) in [5.74, 6) is -3.52. The lowest BCUT2D eigenvalue weighted by Gasteiger charge is -2.26. The number of nitrogens with zero attached hydrogens (tertiary/aromatic N) is 4. The van der Waals surface area contributed by atoms with E-state index in [1.54, 1.807) is 37.1 Å². The Morgan fingerprint density at radius 1 is 1.20 bits per heavy atom. The van der Waals surface area contributed by atoms with Crippen LogP contribution < -0.4 is 10.7 Å². The second kappa shape index (κ2) is 13.9. The van der Waals surface area contributed by atoms with Crippen LogP contribution in [-0.4, -0.2) is 83.5 Å². The van der Waals surface area contributed by atoms with E-state index < -0.39 is 36.6 Å². The summed E-state index contributed by atoms with van der Waals surface area (Å²) in [4.78, 5) is 70.6. The highest BCUT2D eigenvalue weighted by atomic mass is 16.7. The number of carbonyl (C=O) groups excluding carboxylic acids is 4. The number of hydrogen-bond acceptors (Lipinski definition) is 10. The maximum Gasteiger partial charge on any atom is 0.419 e. The van der Waals surface area contributed by atoms with E-state index in [4.69, 9.17) is 14.8 Å². The van der Waals surface area contributed by atoms with Crippen LogP contribution in [0.5, 0.6) is 0 Å². The number of fused-ring (bicyclic) bond motifs is 1. The van der Waals surface area contributed by atoms with Gasteiger partial charge >= 0.3 is 18.0 Å². The highest BCUT2D eigenvalue weighted by Gasteiger charge is 2.40. The molecule has 3 rings (SSSR count). The van der Waals surface area contributed by atoms with Crippen molar-refractivity contribution < 1.29 is 38.6 Å². The Morgan fingerprint density at radius 2 is 1.95 bits per heavy atom. The van der Waals surface area contributed by atoms with Gasteiger partial charge in [0.25, 0.3) is 5.91 Å². The average Bonchev–Trinajstić information content (AvgIpc) is 3.28. The van der Waals surface area contributed by atoms with Gasteiger partial charge in [-0.3, -0.25) is 20.0 Å². The van der Waals surface area contributed by atoms with E-state index in [1.807, 2.05) is 13.8 Å². The number of hydrogen-bond donors (Lipinski definition) is 3. The molecule has 14 nitrogen and oxygen atoms in total. The van der Waals surface area contributed by atoms with Gasteiger partial charge in [0.2, 0.25) is 12.7 Å². The van der Waals surface area contributed by atoms with Crippen molar-refractivity contribution in [2.75, 3.05) is 26.4 Å². The molecule has 0 bridgehead atoms. The number of aliphatic carboxylic acids is 1. The fraction of sp³-hybridized carbons (Fsp3) is 0.370. The van der Waals surface area contributed by atoms with Gasteiger partial charge in [0.05, 0.1) is 18.2 Å². The van der Waals surface area contributed by atoms with Gasteiger partial charge < -0.3 is 19.9 Å². The number of carboxylic acids is 1. The molecule has 0 aromatic heterocycles. The van der Waals surface area contributed by atoms with Gasteiger partial charge in [-0.2, -0.15) is 0 Å². The van der Waals surface area contributed by atoms with Gasteiger partial charge in [0.1, 0.15) is 12.0 Å². The Labute approximate surface area is 236 Å². The van der Waals surface area contributed by atoms with Gasteiger partial charge in [-0.05, 0) is 50.5 Å². The lowest BCUT2D eigenvalue weighted by Crippen LogP contribution is -2.45. The van der Waals surface area contributed by atoms with Crippen molar-refractivity contribution >= 4 is 47.7 Å². The van der Waals surface area contributed by atoms with Crippen LogP contribution in [-0.2, 0) is 23.9 Å². The van der Waals surface area contributed by atoms with E-state index in [0.29, 0.717) is 53.5 Å². The standard InChI is InChI=1S/C27H32N6O8/c1-5-11-32(27(39)41-15-40-22(36)10-9-21(34)35)26(38)19-13-33-23(17(19)4)24(29-14-30-33)31-20-12-18(8-7-16(20)3)25(37)28-6-2/h7-10,12,14,19H,5-6,11,13,15H2,1-4H3,(H,28,37)(H,34,35)(H,29,30,31)/b10-9+. The number of imide groups is 1. The number of nitrogens with one attached hydrogen (secondary N) is 2. The Bertz CT molecular complexity index is 1350. The Balaban J connectivity index is 1.81. The minimum absolute atomic E-state index is 0.0559. The normalized spacial score (nSPS) is 16.8. The first-order valence-electron chi connectivity index (χ1n) is 12.9. The van der Waals surface area contributed by atoms with Gasteiger partial charge in [0, 0.05) is 30.8 Å². The van der Waals surface area contributed by atoms with E-state index in [0.717, 1.165) is 10.5 Å². The molecule has 14 heteroatoms. The molecule has 1 atom stereocenters. The van der Waals surface area contributed by atoms with Crippen LogP contribution in [0.1, 0.15) is 43.1 Å². The van der Waals surface area contributed by atoms with Crippen LogP contribution in [0.2, 0.25) is 0 Å². The molecular weight excluding hydrogens is 536 g/mol. The molecule has 1 aromatic rings. The number of carbonyl (C=O) groups is 5. The zero-order chi connectivity index (χ0) is 30.1. The first-order valence-corrected chi connectivity index (χ1v) is 12.9. The fourth-order valence-electron chi connectivity index (χ4n) is 4.12. The molecule has 2 heterocycles. The first-order chi connectivity index (χ1) is 19.6. The molecule has 218 valence electrons. The van der Waals surface area contributed by atoms with Crippen molar-refractivity contribution in [3.05, 3.63) is 52.7 Å². The topological polar surface area (TPSA) is 179 Å². The molecule has 0 saturated carbocycles. The summed E-state index contributed by atoms with van der Waals surface area (Å²) >= 11 is 0. The van der Waals surface area contributed by atoms with E-state index in [2.05, 4.69) is 20.5 Å². The van der Waals surface area contributed by atoms with Crippen LogP contribution in [0.4, 0.5) is 10.5 Å². The summed E-state index contributed by atoms with van der Waals surface area (Å²) in [7, 11) is 0. The summed E-state index contributed by atoms with van der Waals surface area (Å²) < 4.78 is 9.60. The maximum absolute atomic E-state index is 13.5. The second-order valence-electron chi connectivity index (χ2n) is 9.03. The number of carboxylic acid groups (broad SMARTS) is 1. The molecule has 0 saturated heterocycles. The third-order valence-electron chi connectivity index (χ3n) is 6.16. The molecular formula is C27H32N6O8. The van der Waals surface area contributed by atoms with Crippen LogP contribution >= 0.6 is 0 Å². The monoisotopic (exact) mass is 568 g/mol. The molecule has 41 heavy (non-hydrogen) atoms. The summed E-state index contributed by atoms with van der Waals surface area (Å²) in [6.45, 7) is 7.15. The smallest absolute Gasteiger partial charge is 0.419 e. The first kappa shape index (κ1) is 30.5. The molecule has 0 radical (unpaired) electrons. The highest BCUT2D eigenvalue weighted by Crippen LogP contribution is 2.32. The molecule has 0 spiro atoms. The number of benzene rings is 1. The zero-order valence-corrected chi connectivity index (χ0v) is 23.2. The zero-order valence-electron chi connectivity index (χ0n) is 23.2.